The van der Waals surface area contributed by atoms with E-state index < -0.39 is 0 Å². The van der Waals surface area contributed by atoms with Crippen molar-refractivity contribution < 1.29 is 0 Å². The van der Waals surface area contributed by atoms with Gasteiger partial charge in [0.2, 0.25) is 0 Å². The Morgan fingerprint density at radius 2 is 0.348 bits per heavy atom. The van der Waals surface area contributed by atoms with Crippen LogP contribution in [0, 0.1) is 0 Å². The summed E-state index contributed by atoms with van der Waals surface area (Å²) in [6, 6.07) is 0. The molecule has 0 amide bonds. The first kappa shape index (κ1) is 45.9. The predicted molar refractivity (Wildman–Crippen MR) is 213 cm³/mol. The van der Waals surface area contributed by atoms with E-state index in [9.17, 15) is 0 Å². The van der Waals surface area contributed by atoms with E-state index in [0.717, 1.165) is 0 Å². The Labute approximate surface area is 294 Å². The molecule has 0 fully saturated rings. The predicted octanol–water partition coefficient (Wildman–Crippen LogP) is 14.9. The number of nitrogens with zero attached hydrogens (tertiary/aromatic N) is 2. The molecule has 0 aromatic heterocycles. The second-order valence-corrected chi connectivity index (χ2v) is 15.3. The molecular formula is C44H92N2. The lowest BCUT2D eigenvalue weighted by molar-refractivity contribution is 0.216. The van der Waals surface area contributed by atoms with E-state index in [1.54, 1.807) is 0 Å². The van der Waals surface area contributed by atoms with Crippen molar-refractivity contribution >= 4 is 0 Å². The van der Waals surface area contributed by atoms with Crippen LogP contribution in [-0.4, -0.2) is 49.1 Å². The fourth-order valence-electron chi connectivity index (χ4n) is 7.22. The zero-order valence-corrected chi connectivity index (χ0v) is 33.2. The third-order valence-corrected chi connectivity index (χ3v) is 10.5. The highest BCUT2D eigenvalue weighted by molar-refractivity contribution is 4.64. The Kier molecular flexibility index (Phi) is 41.0. The number of hydrogen-bond acceptors (Lipinski definition) is 2. The van der Waals surface area contributed by atoms with Crippen molar-refractivity contribution in [3.05, 3.63) is 0 Å². The minimum atomic E-state index is 1.32. The average molecular weight is 649 g/mol. The molecule has 0 rings (SSSR count). The monoisotopic (exact) mass is 649 g/mol. The van der Waals surface area contributed by atoms with Crippen molar-refractivity contribution in [2.45, 2.75) is 246 Å². The quantitative estimate of drug-likeness (QED) is 0.0609. The van der Waals surface area contributed by atoms with Crippen LogP contribution < -0.4 is 0 Å². The van der Waals surface area contributed by atoms with E-state index in [4.69, 9.17) is 0 Å². The molecule has 0 aliphatic heterocycles. The third-order valence-electron chi connectivity index (χ3n) is 10.5. The maximum atomic E-state index is 2.87. The van der Waals surface area contributed by atoms with Gasteiger partial charge >= 0.3 is 0 Å². The fraction of sp³-hybridized carbons (Fsp3) is 1.00. The summed E-state index contributed by atoms with van der Waals surface area (Å²) in [4.78, 5) is 5.70. The molecule has 0 atom stereocenters. The molecule has 0 aromatic rings. The molecule has 278 valence electrons. The largest absolute Gasteiger partial charge is 0.303 e. The summed E-state index contributed by atoms with van der Waals surface area (Å²) in [7, 11) is 0. The summed E-state index contributed by atoms with van der Waals surface area (Å²) in [5.41, 5.74) is 0. The summed E-state index contributed by atoms with van der Waals surface area (Å²) in [6.45, 7) is 17.3. The molecule has 2 nitrogen and oxygen atoms in total. The molecule has 0 spiro atoms. The summed E-state index contributed by atoms with van der Waals surface area (Å²) < 4.78 is 0. The summed E-state index contributed by atoms with van der Waals surface area (Å²) in [5.74, 6) is 0. The molecule has 0 saturated heterocycles. The highest BCUT2D eigenvalue weighted by atomic mass is 15.1. The molecular weight excluding hydrogens is 556 g/mol. The lowest BCUT2D eigenvalue weighted by atomic mass is 10.1. The van der Waals surface area contributed by atoms with Gasteiger partial charge in [0.15, 0.2) is 0 Å². The minimum Gasteiger partial charge on any atom is -0.303 e. The van der Waals surface area contributed by atoms with Crippen LogP contribution in [0.4, 0.5) is 0 Å². The smallest absolute Gasteiger partial charge is 0.000655 e. The Hall–Kier alpha value is -0.0800. The molecule has 0 bridgehead atoms. The topological polar surface area (TPSA) is 6.48 Å². The van der Waals surface area contributed by atoms with Gasteiger partial charge in [0.05, 0.1) is 0 Å². The van der Waals surface area contributed by atoms with E-state index in [1.165, 1.54) is 258 Å². The molecule has 0 radical (unpaired) electrons. The lowest BCUT2D eigenvalue weighted by Gasteiger charge is -2.26. The van der Waals surface area contributed by atoms with Crippen molar-refractivity contribution in [2.75, 3.05) is 39.3 Å². The first-order valence-corrected chi connectivity index (χ1v) is 22.2. The Bertz CT molecular complexity index is 520. The van der Waals surface area contributed by atoms with Crippen molar-refractivity contribution in [3.63, 3.8) is 0 Å². The number of rotatable bonds is 41. The minimum absolute atomic E-state index is 1.32. The average Bonchev–Trinajstić information content (AvgIpc) is 3.07. The normalized spacial score (nSPS) is 11.9. The molecule has 0 aliphatic carbocycles. The maximum Gasteiger partial charge on any atom is -0.000655 e. The standard InChI is InChI=1S/C44H92N2/c1-5-9-13-16-19-22-25-28-31-34-37-42-46(41-36-33-30-27-24-21-18-15-11-7-3)44-38-43-45(39-12-8-4)40-35-32-29-26-23-20-17-14-10-6-2/h5-44H2,1-4H3. The van der Waals surface area contributed by atoms with Gasteiger partial charge in [-0.2, -0.15) is 0 Å². The summed E-state index contributed by atoms with van der Waals surface area (Å²) in [6.07, 6.45) is 49.0. The van der Waals surface area contributed by atoms with Gasteiger partial charge in [-0.1, -0.05) is 214 Å². The SMILES string of the molecule is CCCCCCCCCCCCCN(CCCCCCCCCCCC)CCCN(CCCC)CCCCCCCCCCCC. The molecule has 0 heterocycles. The van der Waals surface area contributed by atoms with E-state index >= 15 is 0 Å². The van der Waals surface area contributed by atoms with E-state index in [-0.39, 0.29) is 0 Å². The van der Waals surface area contributed by atoms with E-state index in [2.05, 4.69) is 37.5 Å². The van der Waals surface area contributed by atoms with Gasteiger partial charge in [-0.3, -0.25) is 0 Å². The zero-order valence-electron chi connectivity index (χ0n) is 33.2. The van der Waals surface area contributed by atoms with Crippen molar-refractivity contribution in [1.82, 2.24) is 9.80 Å². The molecule has 46 heavy (non-hydrogen) atoms. The van der Waals surface area contributed by atoms with Crippen LogP contribution in [0.25, 0.3) is 0 Å². The number of hydrogen-bond donors (Lipinski definition) is 0. The van der Waals surface area contributed by atoms with E-state index in [1.807, 2.05) is 0 Å². The lowest BCUT2D eigenvalue weighted by Crippen LogP contribution is -2.32. The van der Waals surface area contributed by atoms with E-state index in [0.29, 0.717) is 0 Å². The fourth-order valence-corrected chi connectivity index (χ4v) is 7.22. The van der Waals surface area contributed by atoms with Gasteiger partial charge in [-0.15, -0.1) is 0 Å². The van der Waals surface area contributed by atoms with Crippen molar-refractivity contribution in [3.8, 4) is 0 Å². The molecule has 0 saturated carbocycles. The molecule has 0 aromatic carbocycles. The first-order chi connectivity index (χ1) is 22.8. The van der Waals surface area contributed by atoms with Crippen LogP contribution in [0.2, 0.25) is 0 Å². The molecule has 0 unspecified atom stereocenters. The van der Waals surface area contributed by atoms with Crippen molar-refractivity contribution in [2.24, 2.45) is 0 Å². The highest BCUT2D eigenvalue weighted by Crippen LogP contribution is 2.15. The Morgan fingerprint density at radius 1 is 0.174 bits per heavy atom. The van der Waals surface area contributed by atoms with Crippen LogP contribution in [0.5, 0.6) is 0 Å². The third kappa shape index (κ3) is 36.8. The zero-order chi connectivity index (χ0) is 33.4. The summed E-state index contributed by atoms with van der Waals surface area (Å²) >= 11 is 0. The van der Waals surface area contributed by atoms with Gasteiger partial charge in [0.25, 0.3) is 0 Å². The molecule has 0 N–H and O–H groups in total. The first-order valence-electron chi connectivity index (χ1n) is 22.2. The van der Waals surface area contributed by atoms with Gasteiger partial charge < -0.3 is 9.80 Å². The van der Waals surface area contributed by atoms with Crippen molar-refractivity contribution in [1.29, 1.82) is 0 Å². The van der Waals surface area contributed by atoms with Gasteiger partial charge in [-0.25, -0.2) is 0 Å². The number of unbranched alkanes of at least 4 members (excludes halogenated alkanes) is 29. The molecule has 0 aliphatic rings. The Morgan fingerprint density at radius 3 is 0.587 bits per heavy atom. The van der Waals surface area contributed by atoms with Gasteiger partial charge in [-0.05, 0) is 71.4 Å². The van der Waals surface area contributed by atoms with Crippen LogP contribution in [0.1, 0.15) is 246 Å². The second kappa shape index (κ2) is 41.1. The van der Waals surface area contributed by atoms with Crippen LogP contribution in [-0.2, 0) is 0 Å². The Balaban J connectivity index is 4.31. The second-order valence-electron chi connectivity index (χ2n) is 15.3. The van der Waals surface area contributed by atoms with Gasteiger partial charge in [0, 0.05) is 0 Å². The summed E-state index contributed by atoms with van der Waals surface area (Å²) in [5, 5.41) is 0. The van der Waals surface area contributed by atoms with Crippen LogP contribution >= 0.6 is 0 Å². The van der Waals surface area contributed by atoms with Crippen LogP contribution in [0.15, 0.2) is 0 Å². The highest BCUT2D eigenvalue weighted by Gasteiger charge is 2.09. The maximum absolute atomic E-state index is 2.87. The van der Waals surface area contributed by atoms with Crippen LogP contribution in [0.3, 0.4) is 0 Å². The van der Waals surface area contributed by atoms with Gasteiger partial charge in [0.1, 0.15) is 0 Å². The molecule has 2 heteroatoms.